The van der Waals surface area contributed by atoms with Crippen molar-refractivity contribution in [1.82, 2.24) is 5.16 Å². The van der Waals surface area contributed by atoms with Crippen LogP contribution in [0.3, 0.4) is 0 Å². The molecule has 2 atom stereocenters. The van der Waals surface area contributed by atoms with Gasteiger partial charge in [0.1, 0.15) is 6.04 Å². The number of ether oxygens (including phenoxy) is 1. The van der Waals surface area contributed by atoms with E-state index in [1.807, 2.05) is 50.2 Å². The van der Waals surface area contributed by atoms with E-state index in [4.69, 9.17) is 30.3 Å². The van der Waals surface area contributed by atoms with Crippen molar-refractivity contribution in [1.29, 1.82) is 0 Å². The highest BCUT2D eigenvalue weighted by Crippen LogP contribution is 2.43. The van der Waals surface area contributed by atoms with Gasteiger partial charge in [0.2, 0.25) is 0 Å². The van der Waals surface area contributed by atoms with Crippen molar-refractivity contribution in [3.63, 3.8) is 0 Å². The van der Waals surface area contributed by atoms with Crippen LogP contribution in [0, 0.1) is 6.92 Å². The van der Waals surface area contributed by atoms with Crippen molar-refractivity contribution in [2.24, 2.45) is 4.99 Å². The largest absolute Gasteiger partial charge is 0.391 e. The smallest absolute Gasteiger partial charge is 0.187 e. The van der Waals surface area contributed by atoms with E-state index in [0.29, 0.717) is 11.4 Å². The van der Waals surface area contributed by atoms with Gasteiger partial charge in [-0.2, -0.15) is 0 Å². The third kappa shape index (κ3) is 4.59. The third-order valence-corrected chi connectivity index (χ3v) is 6.86. The molecule has 5 nitrogen and oxygen atoms in total. The van der Waals surface area contributed by atoms with Crippen molar-refractivity contribution < 1.29 is 13.7 Å². The van der Waals surface area contributed by atoms with E-state index in [1.54, 1.807) is 7.11 Å². The molecule has 0 fully saturated rings. The average Bonchev–Trinajstić information content (AvgIpc) is 3.05. The molecule has 168 valence electrons. The maximum Gasteiger partial charge on any atom is 0.187 e. The Bertz CT molecular complexity index is 1150. The van der Waals surface area contributed by atoms with Crippen LogP contribution in [-0.2, 0) is 9.16 Å². The highest BCUT2D eigenvalue weighted by atomic mass is 35.5. The topological polar surface area (TPSA) is 56.9 Å². The predicted molar refractivity (Wildman–Crippen MR) is 131 cm³/mol. The Balaban J connectivity index is 1.90. The van der Waals surface area contributed by atoms with E-state index < -0.39 is 14.1 Å². The summed E-state index contributed by atoms with van der Waals surface area (Å²) in [4.78, 5) is 5.23. The minimum Gasteiger partial charge on any atom is -0.391 e. The van der Waals surface area contributed by atoms with Crippen molar-refractivity contribution in [3.05, 3.63) is 76.1 Å². The number of rotatable bonds is 6. The number of aromatic nitrogens is 1. The fraction of sp³-hybridized carbons (Fsp3) is 0.360. The third-order valence-electron chi connectivity index (χ3n) is 5.56. The Hall–Kier alpha value is -2.25. The molecule has 0 spiro atoms. The SMILES string of the molecule is COC(C)(C[C@@H]1N=C(c2ccc(Cl)cc2)c2ccccc2-c2c(C)noc21)O[Si](C)(C)C. The molecule has 3 aromatic rings. The molecule has 0 saturated carbocycles. The van der Waals surface area contributed by atoms with Crippen molar-refractivity contribution in [3.8, 4) is 11.1 Å². The molecule has 1 aliphatic heterocycles. The predicted octanol–water partition coefficient (Wildman–Crippen LogP) is 6.80. The van der Waals surface area contributed by atoms with Crippen LogP contribution in [0.25, 0.3) is 11.1 Å². The molecular formula is C25H29ClN2O3Si. The second kappa shape index (κ2) is 8.59. The van der Waals surface area contributed by atoms with Gasteiger partial charge in [0.05, 0.1) is 17.0 Å². The fourth-order valence-electron chi connectivity index (χ4n) is 4.28. The summed E-state index contributed by atoms with van der Waals surface area (Å²) in [5.74, 6) is -0.0699. The zero-order chi connectivity index (χ0) is 23.1. The molecular weight excluding hydrogens is 440 g/mol. The molecule has 0 N–H and O–H groups in total. The van der Waals surface area contributed by atoms with Crippen LogP contribution >= 0.6 is 11.6 Å². The van der Waals surface area contributed by atoms with Crippen LogP contribution in [-0.4, -0.2) is 32.1 Å². The molecule has 1 aliphatic rings. The second-order valence-corrected chi connectivity index (χ2v) is 14.2. The molecule has 32 heavy (non-hydrogen) atoms. The standard InChI is InChI=1S/C25H29ClN2O3Si/c1-16-22-19-9-7-8-10-20(19)23(17-11-13-18(26)14-12-17)27-21(24(22)30-28-16)15-25(2,29-3)31-32(4,5)6/h7-14,21H,15H2,1-6H3/t21-,25?/m0/s1. The number of methoxy groups -OCH3 is 1. The molecule has 0 saturated heterocycles. The highest BCUT2D eigenvalue weighted by molar-refractivity contribution is 6.69. The van der Waals surface area contributed by atoms with Crippen molar-refractivity contribution in [2.75, 3.05) is 7.11 Å². The van der Waals surface area contributed by atoms with E-state index in [2.05, 4.69) is 36.9 Å². The number of aliphatic imine (C=N–C) groups is 1. The van der Waals surface area contributed by atoms with E-state index in [0.717, 1.165) is 39.4 Å². The monoisotopic (exact) mass is 468 g/mol. The Morgan fingerprint density at radius 2 is 1.72 bits per heavy atom. The molecule has 0 bridgehead atoms. The molecule has 1 aromatic heterocycles. The average molecular weight is 469 g/mol. The summed E-state index contributed by atoms with van der Waals surface area (Å²) in [6.45, 7) is 10.4. The van der Waals surface area contributed by atoms with Crippen LogP contribution in [0.2, 0.25) is 24.7 Å². The molecule has 0 amide bonds. The normalized spacial score (nSPS) is 17.7. The molecule has 1 unspecified atom stereocenters. The minimum atomic E-state index is -1.88. The zero-order valence-corrected chi connectivity index (χ0v) is 21.2. The van der Waals surface area contributed by atoms with Crippen molar-refractivity contribution >= 4 is 25.6 Å². The summed E-state index contributed by atoms with van der Waals surface area (Å²) in [7, 11) is -0.200. The van der Waals surface area contributed by atoms with Gasteiger partial charge in [0.15, 0.2) is 19.9 Å². The van der Waals surface area contributed by atoms with Crippen LogP contribution in [0.4, 0.5) is 0 Å². The van der Waals surface area contributed by atoms with Gasteiger partial charge in [-0.15, -0.1) is 0 Å². The van der Waals surface area contributed by atoms with Gasteiger partial charge < -0.3 is 13.7 Å². The summed E-state index contributed by atoms with van der Waals surface area (Å²) < 4.78 is 18.2. The lowest BCUT2D eigenvalue weighted by Gasteiger charge is -2.36. The maximum atomic E-state index is 6.44. The first kappa shape index (κ1) is 22.9. The number of benzene rings is 2. The summed E-state index contributed by atoms with van der Waals surface area (Å²) in [5.41, 5.74) is 5.81. The molecule has 2 heterocycles. The van der Waals surface area contributed by atoms with Gasteiger partial charge in [0, 0.05) is 29.7 Å². The van der Waals surface area contributed by atoms with Gasteiger partial charge in [-0.3, -0.25) is 4.99 Å². The first-order valence-electron chi connectivity index (χ1n) is 10.8. The van der Waals surface area contributed by atoms with Gasteiger partial charge >= 0.3 is 0 Å². The first-order chi connectivity index (χ1) is 15.1. The van der Waals surface area contributed by atoms with Crippen LogP contribution in [0.1, 0.15) is 42.0 Å². The number of aryl methyl sites for hydroxylation is 1. The highest BCUT2D eigenvalue weighted by Gasteiger charge is 2.39. The summed E-state index contributed by atoms with van der Waals surface area (Å²) in [5, 5.41) is 4.98. The lowest BCUT2D eigenvalue weighted by Crippen LogP contribution is -2.43. The minimum absolute atomic E-state index is 0.328. The number of hydrogen-bond acceptors (Lipinski definition) is 5. The lowest BCUT2D eigenvalue weighted by atomic mass is 9.92. The zero-order valence-electron chi connectivity index (χ0n) is 19.4. The summed E-state index contributed by atoms with van der Waals surface area (Å²) >= 11 is 6.16. The van der Waals surface area contributed by atoms with Gasteiger partial charge in [-0.1, -0.05) is 53.2 Å². The number of halogens is 1. The van der Waals surface area contributed by atoms with Crippen LogP contribution in [0.5, 0.6) is 0 Å². The second-order valence-electron chi connectivity index (χ2n) is 9.31. The Morgan fingerprint density at radius 1 is 1.06 bits per heavy atom. The number of fused-ring (bicyclic) bond motifs is 3. The Kier molecular flexibility index (Phi) is 6.16. The Labute approximate surface area is 195 Å². The van der Waals surface area contributed by atoms with Crippen LogP contribution < -0.4 is 0 Å². The molecule has 4 rings (SSSR count). The fourth-order valence-corrected chi connectivity index (χ4v) is 5.86. The maximum absolute atomic E-state index is 6.44. The van der Waals surface area contributed by atoms with E-state index >= 15 is 0 Å². The van der Waals surface area contributed by atoms with Crippen LogP contribution in [0.15, 0.2) is 58.0 Å². The summed E-state index contributed by atoms with van der Waals surface area (Å²) in [6.07, 6.45) is 0.500. The number of hydrogen-bond donors (Lipinski definition) is 0. The quantitative estimate of drug-likeness (QED) is 0.295. The Morgan fingerprint density at radius 3 is 2.34 bits per heavy atom. The molecule has 7 heteroatoms. The molecule has 2 aromatic carbocycles. The molecule has 0 aliphatic carbocycles. The van der Waals surface area contributed by atoms with Gasteiger partial charge in [0.25, 0.3) is 0 Å². The van der Waals surface area contributed by atoms with Crippen molar-refractivity contribution in [2.45, 2.75) is 51.7 Å². The lowest BCUT2D eigenvalue weighted by molar-refractivity contribution is -0.164. The number of nitrogens with zero attached hydrogens (tertiary/aromatic N) is 2. The van der Waals surface area contributed by atoms with E-state index in [-0.39, 0.29) is 6.04 Å². The van der Waals surface area contributed by atoms with E-state index in [9.17, 15) is 0 Å². The first-order valence-corrected chi connectivity index (χ1v) is 14.5. The van der Waals surface area contributed by atoms with E-state index in [1.165, 1.54) is 0 Å². The summed E-state index contributed by atoms with van der Waals surface area (Å²) in [6, 6.07) is 15.7. The van der Waals surface area contributed by atoms with Gasteiger partial charge in [-0.05, 0) is 51.2 Å². The van der Waals surface area contributed by atoms with Gasteiger partial charge in [-0.25, -0.2) is 0 Å². The molecule has 0 radical (unpaired) electrons.